The van der Waals surface area contributed by atoms with Crippen LogP contribution in [0.3, 0.4) is 0 Å². The number of carbonyl (C=O) groups is 1. The third kappa shape index (κ3) is 4.99. The molecule has 7 nitrogen and oxygen atoms in total. The van der Waals surface area contributed by atoms with E-state index in [-0.39, 0.29) is 30.8 Å². The fourth-order valence-corrected chi connectivity index (χ4v) is 3.57. The van der Waals surface area contributed by atoms with Crippen molar-refractivity contribution in [1.29, 1.82) is 0 Å². The van der Waals surface area contributed by atoms with Crippen LogP contribution in [0.5, 0.6) is 11.6 Å². The van der Waals surface area contributed by atoms with Crippen LogP contribution in [0.25, 0.3) is 0 Å². The average Bonchev–Trinajstić information content (AvgIpc) is 3.00. The number of rotatable bonds is 4. The first kappa shape index (κ1) is 20.8. The molecule has 4 rings (SSSR count). The van der Waals surface area contributed by atoms with Gasteiger partial charge in [-0.05, 0) is 36.6 Å². The van der Waals surface area contributed by atoms with Gasteiger partial charge in [0, 0.05) is 17.6 Å². The number of nitrogens with zero attached hydrogens (tertiary/aromatic N) is 2. The Balaban J connectivity index is 1.34. The van der Waals surface area contributed by atoms with Crippen LogP contribution in [0.15, 0.2) is 24.3 Å². The summed E-state index contributed by atoms with van der Waals surface area (Å²) < 4.78 is 54.4. The molecule has 1 N–H and O–H groups in total. The molecule has 0 saturated heterocycles. The molecule has 162 valence electrons. The maximum absolute atomic E-state index is 12.6. The first-order valence-corrected chi connectivity index (χ1v) is 9.76. The Morgan fingerprint density at radius 1 is 1.30 bits per heavy atom. The zero-order valence-electron chi connectivity index (χ0n) is 15.7. The lowest BCUT2D eigenvalue weighted by atomic mass is 10.0. The van der Waals surface area contributed by atoms with Crippen molar-refractivity contribution in [3.8, 4) is 11.6 Å². The quantitative estimate of drug-likeness (QED) is 0.783. The van der Waals surface area contributed by atoms with Crippen molar-refractivity contribution in [3.05, 3.63) is 40.5 Å². The standard InChI is InChI=1S/C19H19ClF3N3O4/c20-12-1-2-16-11(5-12)6-13(8-28-16)24-18(27)15-7-17-26(25-15)4-3-14(9-29-17)30-10-19(21,22)23/h1-2,5,7,13-14H,3-4,6,8-10H2,(H,24,27)/t13-,14-/m1/s1. The number of fused-ring (bicyclic) bond motifs is 2. The van der Waals surface area contributed by atoms with Crippen LogP contribution < -0.4 is 14.8 Å². The Hall–Kier alpha value is -2.46. The number of halogens is 4. The number of benzene rings is 1. The van der Waals surface area contributed by atoms with Crippen LogP contribution in [0.1, 0.15) is 22.5 Å². The second-order valence-electron chi connectivity index (χ2n) is 7.18. The fourth-order valence-electron chi connectivity index (χ4n) is 3.37. The van der Waals surface area contributed by atoms with Crippen molar-refractivity contribution in [2.45, 2.75) is 37.7 Å². The van der Waals surface area contributed by atoms with Crippen LogP contribution in [-0.2, 0) is 17.7 Å². The molecule has 1 amide bonds. The van der Waals surface area contributed by atoms with E-state index in [1.165, 1.54) is 10.7 Å². The molecule has 11 heteroatoms. The van der Waals surface area contributed by atoms with Gasteiger partial charge >= 0.3 is 6.18 Å². The molecule has 2 aliphatic heterocycles. The number of nitrogens with one attached hydrogen (secondary N) is 1. The van der Waals surface area contributed by atoms with Crippen LogP contribution in [0.4, 0.5) is 13.2 Å². The lowest BCUT2D eigenvalue weighted by Gasteiger charge is -2.26. The van der Waals surface area contributed by atoms with E-state index in [0.29, 0.717) is 30.4 Å². The molecule has 0 fully saturated rings. The zero-order valence-corrected chi connectivity index (χ0v) is 16.5. The molecule has 2 atom stereocenters. The summed E-state index contributed by atoms with van der Waals surface area (Å²) in [5.41, 5.74) is 1.07. The SMILES string of the molecule is O=C(N[C@H]1COc2ccc(Cl)cc2C1)c1cc2n(n1)CC[C@@H](OCC(F)(F)F)CO2. The second-order valence-corrected chi connectivity index (χ2v) is 7.61. The zero-order chi connectivity index (χ0) is 21.3. The van der Waals surface area contributed by atoms with Crippen LogP contribution >= 0.6 is 11.6 Å². The number of ether oxygens (including phenoxy) is 3. The van der Waals surface area contributed by atoms with Gasteiger partial charge in [-0.3, -0.25) is 4.79 Å². The molecule has 1 aromatic carbocycles. The summed E-state index contributed by atoms with van der Waals surface area (Å²) in [6.07, 6.45) is -4.22. The summed E-state index contributed by atoms with van der Waals surface area (Å²) in [7, 11) is 0. The topological polar surface area (TPSA) is 74.6 Å². The van der Waals surface area contributed by atoms with Crippen LogP contribution in [0.2, 0.25) is 5.02 Å². The lowest BCUT2D eigenvalue weighted by molar-refractivity contribution is -0.188. The van der Waals surface area contributed by atoms with Crippen LogP contribution in [-0.4, -0.2) is 53.8 Å². The van der Waals surface area contributed by atoms with Crippen molar-refractivity contribution in [3.63, 3.8) is 0 Å². The van der Waals surface area contributed by atoms with Gasteiger partial charge in [-0.15, -0.1) is 0 Å². The van der Waals surface area contributed by atoms with E-state index in [1.54, 1.807) is 18.2 Å². The van der Waals surface area contributed by atoms with E-state index in [0.717, 1.165) is 11.3 Å². The molecular weight excluding hydrogens is 427 g/mol. The highest BCUT2D eigenvalue weighted by atomic mass is 35.5. The normalized spacial score (nSPS) is 20.9. The Kier molecular flexibility index (Phi) is 5.79. The minimum absolute atomic E-state index is 0.0448. The van der Waals surface area contributed by atoms with Gasteiger partial charge in [0.25, 0.3) is 5.91 Å². The molecule has 0 bridgehead atoms. The summed E-state index contributed by atoms with van der Waals surface area (Å²) >= 11 is 6.02. The minimum atomic E-state index is -4.39. The molecule has 30 heavy (non-hydrogen) atoms. The molecule has 2 aliphatic rings. The van der Waals surface area contributed by atoms with E-state index in [9.17, 15) is 18.0 Å². The number of alkyl halides is 3. The number of aryl methyl sites for hydroxylation is 1. The Morgan fingerprint density at radius 2 is 2.13 bits per heavy atom. The molecule has 0 radical (unpaired) electrons. The highest BCUT2D eigenvalue weighted by Gasteiger charge is 2.31. The molecule has 2 aromatic rings. The number of carbonyl (C=O) groups excluding carboxylic acids is 1. The van der Waals surface area contributed by atoms with E-state index >= 15 is 0 Å². The van der Waals surface area contributed by atoms with Crippen molar-refractivity contribution in [2.75, 3.05) is 19.8 Å². The smallest absolute Gasteiger partial charge is 0.411 e. The second kappa shape index (κ2) is 8.35. The first-order chi connectivity index (χ1) is 14.3. The molecule has 0 aliphatic carbocycles. The molecule has 3 heterocycles. The van der Waals surface area contributed by atoms with Gasteiger partial charge < -0.3 is 19.5 Å². The predicted octanol–water partition coefficient (Wildman–Crippen LogP) is 3.00. The first-order valence-electron chi connectivity index (χ1n) is 9.38. The van der Waals surface area contributed by atoms with E-state index in [4.69, 9.17) is 25.8 Å². The lowest BCUT2D eigenvalue weighted by Crippen LogP contribution is -2.42. The molecular formula is C19H19ClF3N3O4. The van der Waals surface area contributed by atoms with Gasteiger partial charge in [-0.1, -0.05) is 11.6 Å². The summed E-state index contributed by atoms with van der Waals surface area (Å²) in [4.78, 5) is 12.6. The van der Waals surface area contributed by atoms with Crippen molar-refractivity contribution < 1.29 is 32.2 Å². The molecule has 1 aromatic heterocycles. The summed E-state index contributed by atoms with van der Waals surface area (Å²) in [6, 6.07) is 6.57. The third-order valence-electron chi connectivity index (χ3n) is 4.80. The highest BCUT2D eigenvalue weighted by Crippen LogP contribution is 2.28. The average molecular weight is 446 g/mol. The number of hydrogen-bond donors (Lipinski definition) is 1. The van der Waals surface area contributed by atoms with Gasteiger partial charge in [-0.2, -0.15) is 18.3 Å². The van der Waals surface area contributed by atoms with Gasteiger partial charge in [0.05, 0.1) is 12.1 Å². The van der Waals surface area contributed by atoms with Gasteiger partial charge in [-0.25, -0.2) is 4.68 Å². The summed E-state index contributed by atoms with van der Waals surface area (Å²) in [6.45, 7) is -0.766. The molecule has 0 saturated carbocycles. The van der Waals surface area contributed by atoms with E-state index < -0.39 is 18.9 Å². The fraction of sp³-hybridized carbons (Fsp3) is 0.474. The van der Waals surface area contributed by atoms with Crippen molar-refractivity contribution in [1.82, 2.24) is 15.1 Å². The van der Waals surface area contributed by atoms with Crippen molar-refractivity contribution >= 4 is 17.5 Å². The number of hydrogen-bond acceptors (Lipinski definition) is 5. The summed E-state index contributed by atoms with van der Waals surface area (Å²) in [5.74, 6) is 0.674. The maximum Gasteiger partial charge on any atom is 0.411 e. The Labute approximate surface area is 175 Å². The largest absolute Gasteiger partial charge is 0.491 e. The maximum atomic E-state index is 12.6. The molecule has 0 unspecified atom stereocenters. The van der Waals surface area contributed by atoms with E-state index in [2.05, 4.69) is 10.4 Å². The van der Waals surface area contributed by atoms with Gasteiger partial charge in [0.15, 0.2) is 5.69 Å². The van der Waals surface area contributed by atoms with Crippen molar-refractivity contribution in [2.24, 2.45) is 0 Å². The molecule has 0 spiro atoms. The Bertz CT molecular complexity index is 909. The predicted molar refractivity (Wildman–Crippen MR) is 100 cm³/mol. The number of aromatic nitrogens is 2. The van der Waals surface area contributed by atoms with E-state index in [1.807, 2.05) is 0 Å². The third-order valence-corrected chi connectivity index (χ3v) is 5.04. The highest BCUT2D eigenvalue weighted by molar-refractivity contribution is 6.30. The van der Waals surface area contributed by atoms with Gasteiger partial charge in [0.2, 0.25) is 5.88 Å². The minimum Gasteiger partial charge on any atom is -0.491 e. The van der Waals surface area contributed by atoms with Crippen LogP contribution in [0, 0.1) is 0 Å². The number of amides is 1. The monoisotopic (exact) mass is 445 g/mol. The van der Waals surface area contributed by atoms with Gasteiger partial charge in [0.1, 0.15) is 25.6 Å². The Morgan fingerprint density at radius 3 is 2.93 bits per heavy atom. The summed E-state index contributed by atoms with van der Waals surface area (Å²) in [5, 5.41) is 7.69.